The smallest absolute Gasteiger partial charge is 0.305 e. The van der Waals surface area contributed by atoms with E-state index in [1.807, 2.05) is 6.08 Å². The topological polar surface area (TPSA) is 95.9 Å². The lowest BCUT2D eigenvalue weighted by atomic mass is 10.0. The second kappa shape index (κ2) is 47.0. The van der Waals surface area contributed by atoms with Crippen LogP contribution in [-0.2, 0) is 14.3 Å². The number of amides is 1. The molecule has 3 N–H and O–H groups in total. The van der Waals surface area contributed by atoms with Gasteiger partial charge in [0, 0.05) is 12.8 Å². The van der Waals surface area contributed by atoms with E-state index in [-0.39, 0.29) is 18.5 Å². The zero-order valence-electron chi connectivity index (χ0n) is 38.1. The maximum absolute atomic E-state index is 12.4. The molecule has 0 bridgehead atoms. The first-order valence-corrected chi connectivity index (χ1v) is 25.1. The number of hydrogen-bond donors (Lipinski definition) is 3. The minimum atomic E-state index is -0.858. The van der Waals surface area contributed by atoms with Crippen LogP contribution in [0.1, 0.15) is 264 Å². The number of aliphatic hydroxyl groups is 2. The summed E-state index contributed by atoms with van der Waals surface area (Å²) in [5.74, 6) is -0.117. The molecule has 1 amide bonds. The number of carbonyl (C=O) groups is 2. The molecule has 6 nitrogen and oxygen atoms in total. The number of allylic oxidation sites excluding steroid dienone is 3. The molecule has 57 heavy (non-hydrogen) atoms. The van der Waals surface area contributed by atoms with Gasteiger partial charge in [0.05, 0.1) is 25.4 Å². The van der Waals surface area contributed by atoms with Crippen molar-refractivity contribution in [3.05, 3.63) is 24.3 Å². The van der Waals surface area contributed by atoms with E-state index in [1.165, 1.54) is 161 Å². The fourth-order valence-corrected chi connectivity index (χ4v) is 7.57. The lowest BCUT2D eigenvalue weighted by molar-refractivity contribution is -0.143. The van der Waals surface area contributed by atoms with E-state index in [0.717, 1.165) is 77.0 Å². The first-order valence-electron chi connectivity index (χ1n) is 25.1. The van der Waals surface area contributed by atoms with Crippen molar-refractivity contribution in [1.29, 1.82) is 0 Å². The van der Waals surface area contributed by atoms with Crippen LogP contribution in [0.4, 0.5) is 0 Å². The SMILES string of the molecule is CCCCCCCCCC/C=C/C(O)C(CO)NC(=O)CCCCCCC/C=C\CCCCCOC(=O)CCCCCCCCCCCCCCCCCCCC. The number of esters is 1. The highest BCUT2D eigenvalue weighted by molar-refractivity contribution is 5.76. The average Bonchev–Trinajstić information content (AvgIpc) is 3.21. The molecule has 0 aliphatic rings. The molecule has 0 rings (SSSR count). The predicted octanol–water partition coefficient (Wildman–Crippen LogP) is 14.7. The average molecular weight is 804 g/mol. The van der Waals surface area contributed by atoms with E-state index in [2.05, 4.69) is 31.3 Å². The Morgan fingerprint density at radius 2 is 0.825 bits per heavy atom. The van der Waals surface area contributed by atoms with Gasteiger partial charge in [0.2, 0.25) is 5.91 Å². The summed E-state index contributed by atoms with van der Waals surface area (Å²) in [6.45, 7) is 4.82. The Hall–Kier alpha value is -1.66. The maximum Gasteiger partial charge on any atom is 0.305 e. The number of nitrogens with one attached hydrogen (secondary N) is 1. The van der Waals surface area contributed by atoms with E-state index < -0.39 is 12.1 Å². The summed E-state index contributed by atoms with van der Waals surface area (Å²) in [4.78, 5) is 24.4. The molecule has 0 aromatic carbocycles. The number of carbonyl (C=O) groups excluding carboxylic acids is 2. The Morgan fingerprint density at radius 1 is 0.474 bits per heavy atom. The molecule has 0 aliphatic heterocycles. The fourth-order valence-electron chi connectivity index (χ4n) is 7.57. The Labute approximate surface area is 354 Å². The highest BCUT2D eigenvalue weighted by Crippen LogP contribution is 2.16. The van der Waals surface area contributed by atoms with Crippen LogP contribution in [0, 0.1) is 0 Å². The molecule has 336 valence electrons. The summed E-state index contributed by atoms with van der Waals surface area (Å²) >= 11 is 0. The van der Waals surface area contributed by atoms with Crippen LogP contribution in [0.3, 0.4) is 0 Å². The van der Waals surface area contributed by atoms with Gasteiger partial charge in [-0.25, -0.2) is 0 Å². The van der Waals surface area contributed by atoms with Gasteiger partial charge in [-0.15, -0.1) is 0 Å². The number of ether oxygens (including phenoxy) is 1. The summed E-state index contributed by atoms with van der Waals surface area (Å²) in [6.07, 6.45) is 54.7. The van der Waals surface area contributed by atoms with Crippen molar-refractivity contribution < 1.29 is 24.5 Å². The van der Waals surface area contributed by atoms with Crippen molar-refractivity contribution >= 4 is 11.9 Å². The van der Waals surface area contributed by atoms with Crippen molar-refractivity contribution in [2.24, 2.45) is 0 Å². The molecule has 0 heterocycles. The van der Waals surface area contributed by atoms with Crippen molar-refractivity contribution in [1.82, 2.24) is 5.32 Å². The third-order valence-electron chi connectivity index (χ3n) is 11.5. The lowest BCUT2D eigenvalue weighted by Gasteiger charge is -2.20. The van der Waals surface area contributed by atoms with Crippen LogP contribution in [0.5, 0.6) is 0 Å². The number of rotatable bonds is 46. The van der Waals surface area contributed by atoms with Gasteiger partial charge in [-0.2, -0.15) is 0 Å². The van der Waals surface area contributed by atoms with E-state index in [4.69, 9.17) is 4.74 Å². The van der Waals surface area contributed by atoms with Gasteiger partial charge in [-0.05, 0) is 64.2 Å². The summed E-state index contributed by atoms with van der Waals surface area (Å²) in [5.41, 5.74) is 0. The van der Waals surface area contributed by atoms with Crippen LogP contribution >= 0.6 is 0 Å². The maximum atomic E-state index is 12.4. The van der Waals surface area contributed by atoms with E-state index in [1.54, 1.807) is 6.08 Å². The standard InChI is InChI=1S/C51H97NO5/c1-3-5-7-9-11-13-15-16-17-18-19-20-21-25-29-33-37-41-45-51(56)57-46-42-38-34-30-26-23-22-24-28-32-36-40-44-50(55)52-48(47-53)49(54)43-39-35-31-27-14-12-10-8-6-4-2/h23,26,39,43,48-49,53-54H,3-22,24-25,27-38,40-42,44-47H2,1-2H3,(H,52,55)/b26-23-,43-39+. The zero-order valence-corrected chi connectivity index (χ0v) is 38.1. The van der Waals surface area contributed by atoms with Crippen LogP contribution < -0.4 is 5.32 Å². The molecule has 0 fully saturated rings. The van der Waals surface area contributed by atoms with Gasteiger partial charge < -0.3 is 20.3 Å². The van der Waals surface area contributed by atoms with Crippen molar-refractivity contribution in [3.8, 4) is 0 Å². The molecular formula is C51H97NO5. The predicted molar refractivity (Wildman–Crippen MR) is 246 cm³/mol. The van der Waals surface area contributed by atoms with Gasteiger partial charge in [0.15, 0.2) is 0 Å². The Kier molecular flexibility index (Phi) is 45.7. The molecule has 0 saturated heterocycles. The molecule has 0 aromatic heterocycles. The zero-order chi connectivity index (χ0) is 41.5. The molecule has 6 heteroatoms. The molecular weight excluding hydrogens is 707 g/mol. The third kappa shape index (κ3) is 43.7. The number of unbranched alkanes of at least 4 members (excludes halogenated alkanes) is 33. The number of hydrogen-bond acceptors (Lipinski definition) is 5. The van der Waals surface area contributed by atoms with E-state index in [0.29, 0.717) is 19.4 Å². The van der Waals surface area contributed by atoms with Crippen LogP contribution in [0.2, 0.25) is 0 Å². The lowest BCUT2D eigenvalue weighted by Crippen LogP contribution is -2.45. The van der Waals surface area contributed by atoms with E-state index in [9.17, 15) is 19.8 Å². The summed E-state index contributed by atoms with van der Waals surface area (Å²) < 4.78 is 5.45. The molecule has 0 spiro atoms. The molecule has 0 aliphatic carbocycles. The summed E-state index contributed by atoms with van der Waals surface area (Å²) in [7, 11) is 0. The number of aliphatic hydroxyl groups excluding tert-OH is 2. The second-order valence-electron chi connectivity index (χ2n) is 17.1. The normalized spacial score (nSPS) is 12.8. The minimum absolute atomic E-state index is 0.0208. The molecule has 0 aromatic rings. The minimum Gasteiger partial charge on any atom is -0.466 e. The van der Waals surface area contributed by atoms with Gasteiger partial charge in [0.25, 0.3) is 0 Å². The third-order valence-corrected chi connectivity index (χ3v) is 11.5. The van der Waals surface area contributed by atoms with Gasteiger partial charge >= 0.3 is 5.97 Å². The monoisotopic (exact) mass is 804 g/mol. The fraction of sp³-hybridized carbons (Fsp3) is 0.882. The molecule has 0 saturated carbocycles. The summed E-state index contributed by atoms with van der Waals surface area (Å²) in [5, 5.41) is 22.9. The Bertz CT molecular complexity index is 889. The van der Waals surface area contributed by atoms with Crippen LogP contribution in [-0.4, -0.2) is 47.4 Å². The van der Waals surface area contributed by atoms with Gasteiger partial charge in [-0.3, -0.25) is 9.59 Å². The van der Waals surface area contributed by atoms with Crippen molar-refractivity contribution in [2.75, 3.05) is 13.2 Å². The quantitative estimate of drug-likeness (QED) is 0.0324. The first-order chi connectivity index (χ1) is 28.0. The highest BCUT2D eigenvalue weighted by atomic mass is 16.5. The van der Waals surface area contributed by atoms with E-state index >= 15 is 0 Å². The highest BCUT2D eigenvalue weighted by Gasteiger charge is 2.18. The van der Waals surface area contributed by atoms with Crippen LogP contribution in [0.15, 0.2) is 24.3 Å². The van der Waals surface area contributed by atoms with Crippen molar-refractivity contribution in [2.45, 2.75) is 276 Å². The molecule has 2 atom stereocenters. The molecule has 0 radical (unpaired) electrons. The summed E-state index contributed by atoms with van der Waals surface area (Å²) in [6, 6.07) is -0.644. The van der Waals surface area contributed by atoms with Gasteiger partial charge in [-0.1, -0.05) is 212 Å². The Morgan fingerprint density at radius 3 is 1.25 bits per heavy atom. The Balaban J connectivity index is 3.48. The van der Waals surface area contributed by atoms with Gasteiger partial charge in [0.1, 0.15) is 0 Å². The van der Waals surface area contributed by atoms with Crippen molar-refractivity contribution in [3.63, 3.8) is 0 Å². The molecule has 2 unspecified atom stereocenters. The largest absolute Gasteiger partial charge is 0.466 e. The second-order valence-corrected chi connectivity index (χ2v) is 17.1. The first kappa shape index (κ1) is 55.3. The van der Waals surface area contributed by atoms with Crippen LogP contribution in [0.25, 0.3) is 0 Å².